The van der Waals surface area contributed by atoms with Crippen LogP contribution in [-0.4, -0.2) is 65.5 Å². The molecular formula is C28H40N4O7. The van der Waals surface area contributed by atoms with Crippen molar-refractivity contribution in [3.05, 3.63) is 42.0 Å². The number of carbonyl (C=O) groups excluding carboxylic acids is 5. The molecule has 4 amide bonds. The number of carbonyl (C=O) groups is 5. The quantitative estimate of drug-likeness (QED) is 0.304. The molecule has 0 bridgehead atoms. The first-order valence-corrected chi connectivity index (χ1v) is 13.1. The molecule has 2 rings (SSSR count). The van der Waals surface area contributed by atoms with Gasteiger partial charge in [0.05, 0.1) is 13.0 Å². The van der Waals surface area contributed by atoms with Crippen LogP contribution in [0.4, 0.5) is 4.79 Å². The summed E-state index contributed by atoms with van der Waals surface area (Å²) in [6.45, 7) is 10.8. The summed E-state index contributed by atoms with van der Waals surface area (Å²) in [5.41, 5.74) is 5.80. The van der Waals surface area contributed by atoms with E-state index in [0.29, 0.717) is 18.4 Å². The van der Waals surface area contributed by atoms with Gasteiger partial charge in [-0.1, -0.05) is 30.9 Å². The molecule has 0 heterocycles. The number of primary amides is 1. The number of hydrogen-bond acceptors (Lipinski definition) is 7. The Bertz CT molecular complexity index is 1060. The van der Waals surface area contributed by atoms with Gasteiger partial charge in [-0.15, -0.1) is 0 Å². The predicted molar refractivity (Wildman–Crippen MR) is 145 cm³/mol. The minimum absolute atomic E-state index is 0.0171. The third-order valence-electron chi connectivity index (χ3n) is 5.79. The van der Waals surface area contributed by atoms with Gasteiger partial charge in [0.15, 0.2) is 0 Å². The van der Waals surface area contributed by atoms with Crippen LogP contribution < -0.4 is 16.4 Å². The fourth-order valence-electron chi connectivity index (χ4n) is 3.96. The van der Waals surface area contributed by atoms with Crippen LogP contribution in [0.3, 0.4) is 0 Å². The third-order valence-corrected chi connectivity index (χ3v) is 5.79. The van der Waals surface area contributed by atoms with Crippen molar-refractivity contribution in [2.75, 3.05) is 13.2 Å². The van der Waals surface area contributed by atoms with Gasteiger partial charge in [0.1, 0.15) is 17.7 Å². The molecule has 4 N–H and O–H groups in total. The molecule has 0 aromatic heterocycles. The van der Waals surface area contributed by atoms with Crippen LogP contribution in [0, 0.1) is 0 Å². The molecule has 1 fully saturated rings. The minimum Gasteiger partial charge on any atom is -0.466 e. The lowest BCUT2D eigenvalue weighted by atomic mass is 9.99. The smallest absolute Gasteiger partial charge is 0.408 e. The fraction of sp³-hybridized carbons (Fsp3) is 0.536. The molecule has 2 atom stereocenters. The maximum atomic E-state index is 14.0. The molecule has 11 nitrogen and oxygen atoms in total. The monoisotopic (exact) mass is 544 g/mol. The molecule has 0 saturated heterocycles. The number of amides is 4. The van der Waals surface area contributed by atoms with Crippen molar-refractivity contribution in [2.24, 2.45) is 5.73 Å². The standard InChI is InChI=1S/C28H40N4O7/c1-6-18-9-8-10-19(17-18)24(25(35)30-16-15-23(34)38-7-2)32(20-11-12-20)26(36)21(13-14-22(29)33)31-27(37)39-28(3,4)5/h6,8-10,17,20-21,24H,1,7,11-16H2,2-5H3,(H2,29,33)(H,30,35)(H,31,37). The van der Waals surface area contributed by atoms with Crippen LogP contribution in [0.25, 0.3) is 6.08 Å². The highest BCUT2D eigenvalue weighted by atomic mass is 16.6. The van der Waals surface area contributed by atoms with Gasteiger partial charge in [-0.2, -0.15) is 0 Å². The van der Waals surface area contributed by atoms with E-state index >= 15 is 0 Å². The molecule has 0 spiro atoms. The molecule has 39 heavy (non-hydrogen) atoms. The number of nitrogens with one attached hydrogen (secondary N) is 2. The van der Waals surface area contributed by atoms with Crippen molar-refractivity contribution in [1.29, 1.82) is 0 Å². The van der Waals surface area contributed by atoms with Gasteiger partial charge in [0, 0.05) is 19.0 Å². The van der Waals surface area contributed by atoms with Crippen molar-refractivity contribution >= 4 is 35.9 Å². The fourth-order valence-corrected chi connectivity index (χ4v) is 3.96. The van der Waals surface area contributed by atoms with Crippen LogP contribution in [0.1, 0.15) is 77.0 Å². The summed E-state index contributed by atoms with van der Waals surface area (Å²) in [6, 6.07) is 4.56. The highest BCUT2D eigenvalue weighted by molar-refractivity contribution is 5.93. The second-order valence-corrected chi connectivity index (χ2v) is 10.3. The molecule has 1 aliphatic carbocycles. The van der Waals surface area contributed by atoms with E-state index in [1.54, 1.807) is 52.0 Å². The molecule has 2 unspecified atom stereocenters. The summed E-state index contributed by atoms with van der Waals surface area (Å²) in [5.74, 6) is -2.12. The lowest BCUT2D eigenvalue weighted by Gasteiger charge is -2.34. The van der Waals surface area contributed by atoms with E-state index in [1.165, 1.54) is 4.90 Å². The predicted octanol–water partition coefficient (Wildman–Crippen LogP) is 2.59. The van der Waals surface area contributed by atoms with Crippen LogP contribution in [-0.2, 0) is 28.7 Å². The molecule has 11 heteroatoms. The second kappa shape index (κ2) is 14.3. The van der Waals surface area contributed by atoms with Gasteiger partial charge < -0.3 is 30.7 Å². The summed E-state index contributed by atoms with van der Waals surface area (Å²) in [7, 11) is 0. The summed E-state index contributed by atoms with van der Waals surface area (Å²) in [6.07, 6.45) is 1.86. The average molecular weight is 545 g/mol. The lowest BCUT2D eigenvalue weighted by molar-refractivity contribution is -0.145. The zero-order valence-electron chi connectivity index (χ0n) is 23.2. The van der Waals surface area contributed by atoms with Crippen molar-refractivity contribution in [2.45, 2.75) is 83.5 Å². The molecule has 1 aliphatic rings. The average Bonchev–Trinajstić information content (AvgIpc) is 3.68. The van der Waals surface area contributed by atoms with E-state index in [1.807, 2.05) is 6.07 Å². The summed E-state index contributed by atoms with van der Waals surface area (Å²) in [4.78, 5) is 65.0. The van der Waals surface area contributed by atoms with E-state index in [4.69, 9.17) is 15.2 Å². The number of nitrogens with zero attached hydrogens (tertiary/aromatic N) is 1. The highest BCUT2D eigenvalue weighted by Gasteiger charge is 2.44. The molecule has 1 aromatic carbocycles. The first-order valence-electron chi connectivity index (χ1n) is 13.1. The number of alkyl carbamates (subject to hydrolysis) is 1. The van der Waals surface area contributed by atoms with Crippen LogP contribution in [0.5, 0.6) is 0 Å². The lowest BCUT2D eigenvalue weighted by Crippen LogP contribution is -2.54. The van der Waals surface area contributed by atoms with Crippen molar-refractivity contribution in [1.82, 2.24) is 15.5 Å². The zero-order chi connectivity index (χ0) is 29.2. The third kappa shape index (κ3) is 10.4. The maximum absolute atomic E-state index is 14.0. The van der Waals surface area contributed by atoms with Gasteiger partial charge in [-0.25, -0.2) is 4.79 Å². The van der Waals surface area contributed by atoms with E-state index in [9.17, 15) is 24.0 Å². The van der Waals surface area contributed by atoms with Gasteiger partial charge in [-0.3, -0.25) is 19.2 Å². The summed E-state index contributed by atoms with van der Waals surface area (Å²) in [5, 5.41) is 5.30. The Hall–Kier alpha value is -3.89. The molecule has 214 valence electrons. The van der Waals surface area contributed by atoms with Crippen LogP contribution >= 0.6 is 0 Å². The topological polar surface area (TPSA) is 157 Å². The Morgan fingerprint density at radius 2 is 1.87 bits per heavy atom. The molecule has 1 saturated carbocycles. The SMILES string of the molecule is C=Cc1cccc(C(C(=O)NCCC(=O)OCC)N(C(=O)C(CCC(N)=O)NC(=O)OC(C)(C)C)C2CC2)c1. The Labute approximate surface area is 229 Å². The van der Waals surface area contributed by atoms with Crippen molar-refractivity contribution in [3.63, 3.8) is 0 Å². The molecule has 0 aliphatic heterocycles. The molecular weight excluding hydrogens is 504 g/mol. The first kappa shape index (κ1) is 31.3. The number of esters is 1. The van der Waals surface area contributed by atoms with Crippen molar-refractivity contribution < 1.29 is 33.4 Å². The highest BCUT2D eigenvalue weighted by Crippen LogP contribution is 2.36. The van der Waals surface area contributed by atoms with E-state index < -0.39 is 47.5 Å². The maximum Gasteiger partial charge on any atom is 0.408 e. The number of ether oxygens (including phenoxy) is 2. The first-order chi connectivity index (χ1) is 18.4. The Kier molecular flexibility index (Phi) is 11.5. The normalized spacial score (nSPS) is 14.4. The molecule has 0 radical (unpaired) electrons. The van der Waals surface area contributed by atoms with Gasteiger partial charge in [0.25, 0.3) is 0 Å². The Morgan fingerprint density at radius 3 is 2.44 bits per heavy atom. The summed E-state index contributed by atoms with van der Waals surface area (Å²) >= 11 is 0. The second-order valence-electron chi connectivity index (χ2n) is 10.3. The Balaban J connectivity index is 2.42. The Morgan fingerprint density at radius 1 is 1.18 bits per heavy atom. The number of nitrogens with two attached hydrogens (primary N) is 1. The van der Waals surface area contributed by atoms with E-state index in [-0.39, 0.29) is 38.5 Å². The van der Waals surface area contributed by atoms with E-state index in [2.05, 4.69) is 17.2 Å². The van der Waals surface area contributed by atoms with Crippen LogP contribution in [0.15, 0.2) is 30.8 Å². The van der Waals surface area contributed by atoms with Crippen molar-refractivity contribution in [3.8, 4) is 0 Å². The van der Waals surface area contributed by atoms with Gasteiger partial charge in [-0.05, 0) is 64.2 Å². The number of benzene rings is 1. The minimum atomic E-state index is -1.16. The van der Waals surface area contributed by atoms with E-state index in [0.717, 1.165) is 5.56 Å². The van der Waals surface area contributed by atoms with Crippen LogP contribution in [0.2, 0.25) is 0 Å². The largest absolute Gasteiger partial charge is 0.466 e. The number of hydrogen-bond donors (Lipinski definition) is 3. The zero-order valence-corrected chi connectivity index (χ0v) is 23.2. The number of rotatable bonds is 14. The van der Waals surface area contributed by atoms with Gasteiger partial charge >= 0.3 is 12.1 Å². The summed E-state index contributed by atoms with van der Waals surface area (Å²) < 4.78 is 10.3. The molecule has 1 aromatic rings. The van der Waals surface area contributed by atoms with Gasteiger partial charge in [0.2, 0.25) is 17.7 Å².